The molecule has 0 radical (unpaired) electrons. The Bertz CT molecular complexity index is 450. The van der Waals surface area contributed by atoms with Gasteiger partial charge in [-0.2, -0.15) is 0 Å². The number of hydrogen-bond donors (Lipinski definition) is 0. The second kappa shape index (κ2) is 7.25. The zero-order chi connectivity index (χ0) is 14.4. The maximum atomic E-state index is 5.69. The first-order valence-electron chi connectivity index (χ1n) is 7.35. The van der Waals surface area contributed by atoms with Crippen LogP contribution in [0.3, 0.4) is 0 Å². The van der Waals surface area contributed by atoms with Crippen molar-refractivity contribution in [1.82, 2.24) is 0 Å². The molecule has 0 fully saturated rings. The van der Waals surface area contributed by atoms with Crippen LogP contribution in [-0.2, 0) is 4.74 Å². The topological polar surface area (TPSA) is 9.23 Å². The minimum Gasteiger partial charge on any atom is -0.381 e. The van der Waals surface area contributed by atoms with Crippen molar-refractivity contribution in [2.75, 3.05) is 7.11 Å². The van der Waals surface area contributed by atoms with E-state index in [1.807, 2.05) is 7.11 Å². The number of hydrogen-bond acceptors (Lipinski definition) is 1. The second-order valence-electron chi connectivity index (χ2n) is 5.63. The number of ether oxygens (including phenoxy) is 1. The first kappa shape index (κ1) is 14.8. The molecular weight excluding hydrogens is 244 g/mol. The molecule has 1 atom stereocenters. The standard InChI is InChI=1S/C19H24O/c1-15(2)19(20-3)14-18(16-10-6-4-7-11-16)17-12-8-5-9-13-17/h4-13,15,18-19H,14H2,1-3H3. The van der Waals surface area contributed by atoms with E-state index in [1.54, 1.807) is 0 Å². The Hall–Kier alpha value is -1.60. The lowest BCUT2D eigenvalue weighted by Gasteiger charge is -2.26. The molecular formula is C19H24O. The third kappa shape index (κ3) is 3.71. The molecule has 1 heteroatoms. The summed E-state index contributed by atoms with van der Waals surface area (Å²) in [6, 6.07) is 21.4. The Morgan fingerprint density at radius 3 is 1.60 bits per heavy atom. The van der Waals surface area contributed by atoms with Gasteiger partial charge >= 0.3 is 0 Å². The lowest BCUT2D eigenvalue weighted by atomic mass is 9.84. The van der Waals surface area contributed by atoms with Crippen LogP contribution in [-0.4, -0.2) is 13.2 Å². The predicted octanol–water partition coefficient (Wildman–Crippen LogP) is 4.88. The van der Waals surface area contributed by atoms with Crippen LogP contribution in [0.5, 0.6) is 0 Å². The van der Waals surface area contributed by atoms with E-state index in [-0.39, 0.29) is 6.10 Å². The molecule has 1 unspecified atom stereocenters. The highest BCUT2D eigenvalue weighted by Gasteiger charge is 2.21. The molecule has 0 heterocycles. The van der Waals surface area contributed by atoms with Gasteiger partial charge in [-0.3, -0.25) is 0 Å². The van der Waals surface area contributed by atoms with E-state index in [2.05, 4.69) is 74.5 Å². The fourth-order valence-corrected chi connectivity index (χ4v) is 2.71. The van der Waals surface area contributed by atoms with Gasteiger partial charge in [0, 0.05) is 13.0 Å². The van der Waals surface area contributed by atoms with Crippen LogP contribution in [0, 0.1) is 5.92 Å². The predicted molar refractivity (Wildman–Crippen MR) is 85.0 cm³/mol. The molecule has 0 aromatic heterocycles. The van der Waals surface area contributed by atoms with Gasteiger partial charge in [0.1, 0.15) is 0 Å². The maximum absolute atomic E-state index is 5.69. The van der Waals surface area contributed by atoms with Gasteiger partial charge in [0.25, 0.3) is 0 Å². The third-order valence-electron chi connectivity index (χ3n) is 3.92. The summed E-state index contributed by atoms with van der Waals surface area (Å²) >= 11 is 0. The van der Waals surface area contributed by atoms with Crippen molar-refractivity contribution >= 4 is 0 Å². The zero-order valence-electron chi connectivity index (χ0n) is 12.6. The van der Waals surface area contributed by atoms with Crippen LogP contribution < -0.4 is 0 Å². The van der Waals surface area contributed by atoms with Crippen LogP contribution in [0.4, 0.5) is 0 Å². The van der Waals surface area contributed by atoms with Crippen molar-refractivity contribution in [2.24, 2.45) is 5.92 Å². The minimum absolute atomic E-state index is 0.278. The van der Waals surface area contributed by atoms with E-state index in [0.717, 1.165) is 6.42 Å². The van der Waals surface area contributed by atoms with Crippen LogP contribution in [0.2, 0.25) is 0 Å². The summed E-state index contributed by atoms with van der Waals surface area (Å²) in [5.74, 6) is 0.916. The van der Waals surface area contributed by atoms with Gasteiger partial charge in [0.05, 0.1) is 6.10 Å². The fourth-order valence-electron chi connectivity index (χ4n) is 2.71. The van der Waals surface area contributed by atoms with Gasteiger partial charge < -0.3 is 4.74 Å². The molecule has 20 heavy (non-hydrogen) atoms. The van der Waals surface area contributed by atoms with Crippen LogP contribution in [0.1, 0.15) is 37.3 Å². The second-order valence-corrected chi connectivity index (χ2v) is 5.63. The summed E-state index contributed by atoms with van der Waals surface area (Å²) in [7, 11) is 1.82. The Kier molecular flexibility index (Phi) is 5.37. The van der Waals surface area contributed by atoms with Crippen molar-refractivity contribution in [3.05, 3.63) is 71.8 Å². The summed E-state index contributed by atoms with van der Waals surface area (Å²) in [6.45, 7) is 4.45. The highest BCUT2D eigenvalue weighted by atomic mass is 16.5. The third-order valence-corrected chi connectivity index (χ3v) is 3.92. The monoisotopic (exact) mass is 268 g/mol. The zero-order valence-corrected chi connectivity index (χ0v) is 12.6. The van der Waals surface area contributed by atoms with E-state index in [1.165, 1.54) is 11.1 Å². The molecule has 0 saturated carbocycles. The van der Waals surface area contributed by atoms with Crippen molar-refractivity contribution in [3.63, 3.8) is 0 Å². The van der Waals surface area contributed by atoms with Gasteiger partial charge in [-0.15, -0.1) is 0 Å². The Balaban J connectivity index is 2.30. The van der Waals surface area contributed by atoms with Crippen LogP contribution in [0.25, 0.3) is 0 Å². The smallest absolute Gasteiger partial charge is 0.0603 e. The quantitative estimate of drug-likeness (QED) is 0.725. The molecule has 0 spiro atoms. The van der Waals surface area contributed by atoms with Gasteiger partial charge in [-0.05, 0) is 23.5 Å². The van der Waals surface area contributed by atoms with Gasteiger partial charge in [0.15, 0.2) is 0 Å². The Morgan fingerprint density at radius 2 is 1.25 bits per heavy atom. The molecule has 0 amide bonds. The largest absolute Gasteiger partial charge is 0.381 e. The SMILES string of the molecule is COC(CC(c1ccccc1)c1ccccc1)C(C)C. The molecule has 2 aromatic rings. The van der Waals surface area contributed by atoms with Gasteiger partial charge in [0.2, 0.25) is 0 Å². The average Bonchev–Trinajstić information content (AvgIpc) is 2.50. The molecule has 106 valence electrons. The summed E-state index contributed by atoms with van der Waals surface area (Å²) in [4.78, 5) is 0. The van der Waals surface area contributed by atoms with E-state index in [0.29, 0.717) is 11.8 Å². The number of rotatable bonds is 6. The highest BCUT2D eigenvalue weighted by molar-refractivity contribution is 5.32. The lowest BCUT2D eigenvalue weighted by molar-refractivity contribution is 0.0549. The molecule has 2 rings (SSSR count). The van der Waals surface area contributed by atoms with E-state index in [9.17, 15) is 0 Å². The van der Waals surface area contributed by atoms with Crippen LogP contribution in [0.15, 0.2) is 60.7 Å². The number of benzene rings is 2. The Labute approximate surface area is 122 Å². The molecule has 0 bridgehead atoms. The minimum atomic E-state index is 0.278. The molecule has 0 aliphatic heterocycles. The maximum Gasteiger partial charge on any atom is 0.0603 e. The molecule has 0 aliphatic carbocycles. The summed E-state index contributed by atoms with van der Waals surface area (Å²) < 4.78 is 5.69. The van der Waals surface area contributed by atoms with Crippen molar-refractivity contribution in [1.29, 1.82) is 0 Å². The molecule has 2 aromatic carbocycles. The first-order valence-corrected chi connectivity index (χ1v) is 7.35. The summed E-state index contributed by atoms with van der Waals surface area (Å²) in [6.07, 6.45) is 1.29. The van der Waals surface area contributed by atoms with E-state index in [4.69, 9.17) is 4.74 Å². The Morgan fingerprint density at radius 1 is 0.800 bits per heavy atom. The molecule has 0 saturated heterocycles. The highest BCUT2D eigenvalue weighted by Crippen LogP contribution is 2.31. The normalized spacial score (nSPS) is 12.8. The van der Waals surface area contributed by atoms with Crippen molar-refractivity contribution in [2.45, 2.75) is 32.3 Å². The van der Waals surface area contributed by atoms with Crippen molar-refractivity contribution < 1.29 is 4.74 Å². The fraction of sp³-hybridized carbons (Fsp3) is 0.368. The molecule has 0 N–H and O–H groups in total. The lowest BCUT2D eigenvalue weighted by Crippen LogP contribution is -2.21. The van der Waals surface area contributed by atoms with Crippen molar-refractivity contribution in [3.8, 4) is 0 Å². The van der Waals surface area contributed by atoms with Gasteiger partial charge in [-0.25, -0.2) is 0 Å². The molecule has 0 aliphatic rings. The average molecular weight is 268 g/mol. The first-order chi connectivity index (χ1) is 9.72. The van der Waals surface area contributed by atoms with Gasteiger partial charge in [-0.1, -0.05) is 74.5 Å². The summed E-state index contributed by atoms with van der Waals surface area (Å²) in [5.41, 5.74) is 2.72. The summed E-state index contributed by atoms with van der Waals surface area (Å²) in [5, 5.41) is 0. The van der Waals surface area contributed by atoms with E-state index >= 15 is 0 Å². The van der Waals surface area contributed by atoms with E-state index < -0.39 is 0 Å². The molecule has 1 nitrogen and oxygen atoms in total. The van der Waals surface area contributed by atoms with Crippen LogP contribution >= 0.6 is 0 Å². The number of methoxy groups -OCH3 is 1.